The Morgan fingerprint density at radius 1 is 1.14 bits per heavy atom. The average Bonchev–Trinajstić information content (AvgIpc) is 2.51. The van der Waals surface area contributed by atoms with E-state index in [-0.39, 0.29) is 24.4 Å². The molecule has 0 saturated heterocycles. The van der Waals surface area contributed by atoms with Crippen LogP contribution in [0.2, 0.25) is 0 Å². The summed E-state index contributed by atoms with van der Waals surface area (Å²) in [4.78, 5) is 34.2. The zero-order valence-electron chi connectivity index (χ0n) is 12.8. The van der Waals surface area contributed by atoms with Gasteiger partial charge in [0.25, 0.3) is 0 Å². The first-order valence-corrected chi connectivity index (χ1v) is 6.63. The molecule has 22 heavy (non-hydrogen) atoms. The van der Waals surface area contributed by atoms with Crippen LogP contribution in [0, 0.1) is 0 Å². The van der Waals surface area contributed by atoms with Gasteiger partial charge < -0.3 is 19.5 Å². The van der Waals surface area contributed by atoms with E-state index in [2.05, 4.69) is 5.32 Å². The van der Waals surface area contributed by atoms with Gasteiger partial charge in [0.1, 0.15) is 11.5 Å². The number of nitrogens with one attached hydrogen (secondary N) is 1. The Morgan fingerprint density at radius 3 is 2.45 bits per heavy atom. The molecule has 0 aliphatic rings. The molecule has 0 unspecified atom stereocenters. The highest BCUT2D eigenvalue weighted by Gasteiger charge is 2.15. The summed E-state index contributed by atoms with van der Waals surface area (Å²) >= 11 is 0. The lowest BCUT2D eigenvalue weighted by Crippen LogP contribution is -2.24. The summed E-state index contributed by atoms with van der Waals surface area (Å²) in [5, 5.41) is 2.47. The van der Waals surface area contributed by atoms with Crippen molar-refractivity contribution < 1.29 is 28.6 Å². The van der Waals surface area contributed by atoms with Gasteiger partial charge in [0.2, 0.25) is 11.7 Å². The van der Waals surface area contributed by atoms with Gasteiger partial charge in [-0.3, -0.25) is 14.4 Å². The molecule has 0 spiro atoms. The Morgan fingerprint density at radius 2 is 1.86 bits per heavy atom. The Hall–Kier alpha value is -2.57. The number of carbonyl (C=O) groups excluding carboxylic acids is 3. The van der Waals surface area contributed by atoms with E-state index in [4.69, 9.17) is 14.2 Å². The number of methoxy groups -OCH3 is 2. The third kappa shape index (κ3) is 5.43. The van der Waals surface area contributed by atoms with Crippen molar-refractivity contribution in [2.45, 2.75) is 13.3 Å². The van der Waals surface area contributed by atoms with Gasteiger partial charge in [0.05, 0.1) is 26.2 Å². The number of esters is 1. The van der Waals surface area contributed by atoms with E-state index in [9.17, 15) is 14.4 Å². The summed E-state index contributed by atoms with van der Waals surface area (Å²) in [6.45, 7) is 1.12. The summed E-state index contributed by atoms with van der Waals surface area (Å²) in [5.41, 5.74) is 0.275. The van der Waals surface area contributed by atoms with Crippen LogP contribution in [-0.4, -0.2) is 45.0 Å². The molecule has 7 nitrogen and oxygen atoms in total. The second-order valence-electron chi connectivity index (χ2n) is 4.38. The molecule has 0 fully saturated rings. The number of ether oxygens (including phenoxy) is 3. The second-order valence-corrected chi connectivity index (χ2v) is 4.38. The Bertz CT molecular complexity index is 555. The van der Waals surface area contributed by atoms with Gasteiger partial charge in [-0.05, 0) is 18.2 Å². The minimum absolute atomic E-state index is 0.00209. The lowest BCUT2D eigenvalue weighted by molar-refractivity contribution is -0.142. The minimum Gasteiger partial charge on any atom is -0.497 e. The van der Waals surface area contributed by atoms with Gasteiger partial charge in [-0.15, -0.1) is 0 Å². The van der Waals surface area contributed by atoms with E-state index in [1.807, 2.05) is 0 Å². The maximum Gasteiger partial charge on any atom is 0.308 e. The largest absolute Gasteiger partial charge is 0.497 e. The standard InChI is InChI=1S/C15H19NO6/c1-10(17)16-7-6-15(19)22-9-13(18)12-8-11(20-2)4-5-14(12)21-3/h4-5,8H,6-7,9H2,1-3H3,(H,16,17). The first-order chi connectivity index (χ1) is 10.5. The number of amides is 1. The number of hydrogen-bond donors (Lipinski definition) is 1. The summed E-state index contributed by atoms with van der Waals surface area (Å²) in [5.74, 6) is -0.321. The van der Waals surface area contributed by atoms with Crippen LogP contribution in [0.4, 0.5) is 0 Å². The van der Waals surface area contributed by atoms with Gasteiger partial charge in [-0.1, -0.05) is 0 Å². The average molecular weight is 309 g/mol. The fourth-order valence-electron chi connectivity index (χ4n) is 1.67. The highest BCUT2D eigenvalue weighted by atomic mass is 16.5. The van der Waals surface area contributed by atoms with Gasteiger partial charge >= 0.3 is 5.97 Å². The lowest BCUT2D eigenvalue weighted by atomic mass is 10.1. The Kier molecular flexibility index (Phi) is 6.88. The summed E-state index contributed by atoms with van der Waals surface area (Å²) < 4.78 is 15.0. The summed E-state index contributed by atoms with van der Waals surface area (Å²) in [6.07, 6.45) is 0.00209. The highest BCUT2D eigenvalue weighted by Crippen LogP contribution is 2.24. The van der Waals surface area contributed by atoms with Gasteiger partial charge in [0.15, 0.2) is 6.61 Å². The first kappa shape index (κ1) is 17.5. The summed E-state index contributed by atoms with van der Waals surface area (Å²) in [7, 11) is 2.93. The molecule has 0 bridgehead atoms. The van der Waals surface area contributed by atoms with Crippen molar-refractivity contribution in [2.24, 2.45) is 0 Å². The normalized spacial score (nSPS) is 9.77. The molecular formula is C15H19NO6. The van der Waals surface area contributed by atoms with Crippen LogP contribution in [0.15, 0.2) is 18.2 Å². The topological polar surface area (TPSA) is 90.9 Å². The number of carbonyl (C=O) groups is 3. The van der Waals surface area contributed by atoms with E-state index >= 15 is 0 Å². The fraction of sp³-hybridized carbons (Fsp3) is 0.400. The van der Waals surface area contributed by atoms with Crippen molar-refractivity contribution in [1.29, 1.82) is 0 Å². The molecule has 0 aromatic heterocycles. The molecule has 1 amide bonds. The van der Waals surface area contributed by atoms with E-state index in [0.29, 0.717) is 11.5 Å². The van der Waals surface area contributed by atoms with E-state index < -0.39 is 18.4 Å². The molecule has 0 saturated carbocycles. The zero-order valence-corrected chi connectivity index (χ0v) is 12.8. The number of Topliss-reactive ketones (excluding diaryl/α,β-unsaturated/α-hetero) is 1. The van der Waals surface area contributed by atoms with Crippen LogP contribution >= 0.6 is 0 Å². The van der Waals surface area contributed by atoms with Crippen LogP contribution in [-0.2, 0) is 14.3 Å². The molecule has 120 valence electrons. The molecular weight excluding hydrogens is 290 g/mol. The SMILES string of the molecule is COc1ccc(OC)c(C(=O)COC(=O)CCNC(C)=O)c1. The minimum atomic E-state index is -0.566. The lowest BCUT2D eigenvalue weighted by Gasteiger charge is -2.10. The van der Waals surface area contributed by atoms with E-state index in [1.165, 1.54) is 27.2 Å². The third-order valence-corrected chi connectivity index (χ3v) is 2.77. The van der Waals surface area contributed by atoms with Crippen LogP contribution in [0.25, 0.3) is 0 Å². The molecule has 1 N–H and O–H groups in total. The predicted molar refractivity (Wildman–Crippen MR) is 78.1 cm³/mol. The van der Waals surface area contributed by atoms with Gasteiger partial charge in [0, 0.05) is 13.5 Å². The van der Waals surface area contributed by atoms with Gasteiger partial charge in [-0.2, -0.15) is 0 Å². The van der Waals surface area contributed by atoms with E-state index in [1.54, 1.807) is 12.1 Å². The maximum absolute atomic E-state index is 12.1. The molecule has 1 aromatic carbocycles. The molecule has 0 aliphatic carbocycles. The predicted octanol–water partition coefficient (Wildman–Crippen LogP) is 0.956. The van der Waals surface area contributed by atoms with Crippen molar-refractivity contribution in [3.05, 3.63) is 23.8 Å². The Balaban J connectivity index is 2.58. The van der Waals surface area contributed by atoms with Crippen molar-refractivity contribution in [2.75, 3.05) is 27.4 Å². The van der Waals surface area contributed by atoms with Crippen LogP contribution < -0.4 is 14.8 Å². The molecule has 0 heterocycles. The quantitative estimate of drug-likeness (QED) is 0.568. The monoisotopic (exact) mass is 309 g/mol. The highest BCUT2D eigenvalue weighted by molar-refractivity contribution is 6.00. The van der Waals surface area contributed by atoms with Gasteiger partial charge in [-0.25, -0.2) is 0 Å². The smallest absolute Gasteiger partial charge is 0.308 e. The number of ketones is 1. The molecule has 1 aromatic rings. The Labute approximate surface area is 128 Å². The van der Waals surface area contributed by atoms with Crippen molar-refractivity contribution in [1.82, 2.24) is 5.32 Å². The second kappa shape index (κ2) is 8.66. The zero-order chi connectivity index (χ0) is 16.5. The number of benzene rings is 1. The van der Waals surface area contributed by atoms with Crippen LogP contribution in [0.3, 0.4) is 0 Å². The summed E-state index contributed by atoms with van der Waals surface area (Å²) in [6, 6.07) is 4.78. The van der Waals surface area contributed by atoms with Crippen molar-refractivity contribution >= 4 is 17.7 Å². The molecule has 1 rings (SSSR count). The number of rotatable bonds is 8. The molecule has 7 heteroatoms. The first-order valence-electron chi connectivity index (χ1n) is 6.63. The van der Waals surface area contributed by atoms with Crippen molar-refractivity contribution in [3.8, 4) is 11.5 Å². The fourth-order valence-corrected chi connectivity index (χ4v) is 1.67. The van der Waals surface area contributed by atoms with Crippen LogP contribution in [0.5, 0.6) is 11.5 Å². The molecule has 0 radical (unpaired) electrons. The van der Waals surface area contributed by atoms with E-state index in [0.717, 1.165) is 0 Å². The third-order valence-electron chi connectivity index (χ3n) is 2.77. The number of hydrogen-bond acceptors (Lipinski definition) is 6. The van der Waals surface area contributed by atoms with Crippen LogP contribution in [0.1, 0.15) is 23.7 Å². The molecule has 0 aliphatic heterocycles. The van der Waals surface area contributed by atoms with Crippen molar-refractivity contribution in [3.63, 3.8) is 0 Å². The molecule has 0 atom stereocenters. The maximum atomic E-state index is 12.1.